The maximum Gasteiger partial charge on any atom is 0.0719 e. The summed E-state index contributed by atoms with van der Waals surface area (Å²) in [6, 6.07) is 13.5. The highest BCUT2D eigenvalue weighted by molar-refractivity contribution is 7.15. The molecule has 0 radical (unpaired) electrons. The van der Waals surface area contributed by atoms with E-state index in [1.165, 1.54) is 33.7 Å². The van der Waals surface area contributed by atoms with Crippen molar-refractivity contribution in [1.82, 2.24) is 5.32 Å². The molecule has 1 aromatic carbocycles. The van der Waals surface area contributed by atoms with Gasteiger partial charge in [0.25, 0.3) is 0 Å². The third kappa shape index (κ3) is 4.16. The Hall–Kier alpha value is -1.16. The van der Waals surface area contributed by atoms with Gasteiger partial charge in [0, 0.05) is 22.9 Å². The molecule has 2 rings (SSSR count). The molecule has 0 amide bonds. The van der Waals surface area contributed by atoms with Crippen LogP contribution in [0.1, 0.15) is 43.2 Å². The third-order valence-corrected chi connectivity index (χ3v) is 4.81. The SMILES string of the molecule is CCCC(NCC)c1ccc(-c2ccccc2COC)s1. The van der Waals surface area contributed by atoms with E-state index >= 15 is 0 Å². The Morgan fingerprint density at radius 1 is 1.14 bits per heavy atom. The molecule has 0 spiro atoms. The largest absolute Gasteiger partial charge is 0.380 e. The quantitative estimate of drug-likeness (QED) is 0.740. The van der Waals surface area contributed by atoms with Gasteiger partial charge in [-0.3, -0.25) is 0 Å². The minimum atomic E-state index is 0.480. The summed E-state index contributed by atoms with van der Waals surface area (Å²) in [5, 5.41) is 3.59. The predicted molar refractivity (Wildman–Crippen MR) is 91.8 cm³/mol. The first-order valence-corrected chi connectivity index (χ1v) is 8.52. The second-order valence-corrected chi connectivity index (χ2v) is 6.31. The molecule has 1 aromatic heterocycles. The van der Waals surface area contributed by atoms with Crippen LogP contribution in [-0.4, -0.2) is 13.7 Å². The van der Waals surface area contributed by atoms with Crippen LogP contribution in [-0.2, 0) is 11.3 Å². The molecule has 21 heavy (non-hydrogen) atoms. The molecule has 1 heterocycles. The molecule has 3 heteroatoms. The van der Waals surface area contributed by atoms with Gasteiger partial charge in [0.05, 0.1) is 6.61 Å². The van der Waals surface area contributed by atoms with Crippen molar-refractivity contribution < 1.29 is 4.74 Å². The van der Waals surface area contributed by atoms with Gasteiger partial charge in [-0.15, -0.1) is 11.3 Å². The van der Waals surface area contributed by atoms with Crippen molar-refractivity contribution in [2.75, 3.05) is 13.7 Å². The highest BCUT2D eigenvalue weighted by Crippen LogP contribution is 2.34. The summed E-state index contributed by atoms with van der Waals surface area (Å²) in [7, 11) is 1.75. The topological polar surface area (TPSA) is 21.3 Å². The lowest BCUT2D eigenvalue weighted by atomic mass is 10.1. The van der Waals surface area contributed by atoms with E-state index in [9.17, 15) is 0 Å². The number of thiophene rings is 1. The predicted octanol–water partition coefficient (Wildman–Crippen LogP) is 5.01. The molecule has 0 aliphatic heterocycles. The van der Waals surface area contributed by atoms with E-state index in [0.29, 0.717) is 12.6 Å². The Kier molecular flexibility index (Phi) is 6.43. The Morgan fingerprint density at radius 2 is 1.95 bits per heavy atom. The van der Waals surface area contributed by atoms with Crippen LogP contribution in [0.25, 0.3) is 10.4 Å². The maximum absolute atomic E-state index is 5.31. The fraction of sp³-hybridized carbons (Fsp3) is 0.444. The van der Waals surface area contributed by atoms with E-state index in [2.05, 4.69) is 55.6 Å². The second-order valence-electron chi connectivity index (χ2n) is 5.19. The summed E-state index contributed by atoms with van der Waals surface area (Å²) >= 11 is 1.90. The first-order valence-electron chi connectivity index (χ1n) is 7.70. The first-order chi connectivity index (χ1) is 10.3. The van der Waals surface area contributed by atoms with Gasteiger partial charge in [0.15, 0.2) is 0 Å². The summed E-state index contributed by atoms with van der Waals surface area (Å²) in [4.78, 5) is 2.76. The lowest BCUT2D eigenvalue weighted by molar-refractivity contribution is 0.185. The molecule has 2 aromatic rings. The van der Waals surface area contributed by atoms with Crippen molar-refractivity contribution in [2.45, 2.75) is 39.3 Å². The lowest BCUT2D eigenvalue weighted by Gasteiger charge is -2.15. The minimum Gasteiger partial charge on any atom is -0.380 e. The number of rotatable bonds is 8. The Bertz CT molecular complexity index is 544. The van der Waals surface area contributed by atoms with E-state index < -0.39 is 0 Å². The second kappa shape index (κ2) is 8.32. The van der Waals surface area contributed by atoms with E-state index in [1.54, 1.807) is 7.11 Å². The van der Waals surface area contributed by atoms with Crippen LogP contribution in [0.4, 0.5) is 0 Å². The normalized spacial score (nSPS) is 12.5. The molecular formula is C18H25NOS. The summed E-state index contributed by atoms with van der Waals surface area (Å²) in [5.74, 6) is 0. The van der Waals surface area contributed by atoms with Gasteiger partial charge in [-0.25, -0.2) is 0 Å². The fourth-order valence-electron chi connectivity index (χ4n) is 2.61. The van der Waals surface area contributed by atoms with Gasteiger partial charge in [0.1, 0.15) is 0 Å². The average Bonchev–Trinajstić information content (AvgIpc) is 2.97. The summed E-state index contributed by atoms with van der Waals surface area (Å²) in [6.07, 6.45) is 2.39. The Balaban J connectivity index is 2.26. The van der Waals surface area contributed by atoms with Crippen molar-refractivity contribution >= 4 is 11.3 Å². The third-order valence-electron chi connectivity index (χ3n) is 3.58. The maximum atomic E-state index is 5.31. The number of hydrogen-bond donors (Lipinski definition) is 1. The van der Waals surface area contributed by atoms with E-state index in [-0.39, 0.29) is 0 Å². The van der Waals surface area contributed by atoms with E-state index in [1.807, 2.05) is 11.3 Å². The average molecular weight is 303 g/mol. The van der Waals surface area contributed by atoms with Crippen molar-refractivity contribution in [3.63, 3.8) is 0 Å². The molecule has 0 aliphatic rings. The highest BCUT2D eigenvalue weighted by atomic mass is 32.1. The van der Waals surface area contributed by atoms with Crippen molar-refractivity contribution in [3.05, 3.63) is 46.8 Å². The van der Waals surface area contributed by atoms with Gasteiger partial charge < -0.3 is 10.1 Å². The zero-order valence-electron chi connectivity index (χ0n) is 13.2. The lowest BCUT2D eigenvalue weighted by Crippen LogP contribution is -2.19. The number of hydrogen-bond acceptors (Lipinski definition) is 3. The van der Waals surface area contributed by atoms with Crippen LogP contribution in [0, 0.1) is 0 Å². The van der Waals surface area contributed by atoms with Gasteiger partial charge >= 0.3 is 0 Å². The van der Waals surface area contributed by atoms with Gasteiger partial charge in [-0.05, 0) is 36.2 Å². The first kappa shape index (κ1) is 16.2. The minimum absolute atomic E-state index is 0.480. The van der Waals surface area contributed by atoms with Gasteiger partial charge in [-0.2, -0.15) is 0 Å². The number of nitrogens with one attached hydrogen (secondary N) is 1. The number of methoxy groups -OCH3 is 1. The summed E-state index contributed by atoms with van der Waals surface area (Å²) < 4.78 is 5.31. The molecule has 114 valence electrons. The molecule has 0 aliphatic carbocycles. The molecule has 0 bridgehead atoms. The summed E-state index contributed by atoms with van der Waals surface area (Å²) in [6.45, 7) is 6.09. The molecule has 0 saturated heterocycles. The molecule has 1 N–H and O–H groups in total. The molecule has 0 fully saturated rings. The van der Waals surface area contributed by atoms with Gasteiger partial charge in [0.2, 0.25) is 0 Å². The summed E-state index contributed by atoms with van der Waals surface area (Å²) in [5.41, 5.74) is 2.55. The molecule has 0 saturated carbocycles. The molecule has 1 atom stereocenters. The molecule has 2 nitrogen and oxygen atoms in total. The zero-order chi connectivity index (χ0) is 15.1. The van der Waals surface area contributed by atoms with E-state index in [0.717, 1.165) is 6.54 Å². The van der Waals surface area contributed by atoms with Gasteiger partial charge in [-0.1, -0.05) is 44.5 Å². The Labute approximate surface area is 132 Å². The van der Waals surface area contributed by atoms with Crippen molar-refractivity contribution in [3.8, 4) is 10.4 Å². The van der Waals surface area contributed by atoms with Crippen molar-refractivity contribution in [2.24, 2.45) is 0 Å². The highest BCUT2D eigenvalue weighted by Gasteiger charge is 2.14. The smallest absolute Gasteiger partial charge is 0.0719 e. The molecule has 1 unspecified atom stereocenters. The fourth-order valence-corrected chi connectivity index (χ4v) is 3.79. The van der Waals surface area contributed by atoms with Crippen LogP contribution < -0.4 is 5.32 Å². The standard InChI is InChI=1S/C18H25NOS/c1-4-8-16(19-5-2)18-12-11-17(21-18)15-10-7-6-9-14(15)13-20-3/h6-7,9-12,16,19H,4-5,8,13H2,1-3H3. The van der Waals surface area contributed by atoms with Crippen LogP contribution >= 0.6 is 11.3 Å². The number of benzene rings is 1. The molecular weight excluding hydrogens is 278 g/mol. The van der Waals surface area contributed by atoms with Crippen LogP contribution in [0.15, 0.2) is 36.4 Å². The number of ether oxygens (including phenoxy) is 1. The van der Waals surface area contributed by atoms with Crippen LogP contribution in [0.5, 0.6) is 0 Å². The van der Waals surface area contributed by atoms with E-state index in [4.69, 9.17) is 4.74 Å². The van der Waals surface area contributed by atoms with Crippen LogP contribution in [0.2, 0.25) is 0 Å². The Morgan fingerprint density at radius 3 is 2.67 bits per heavy atom. The zero-order valence-corrected chi connectivity index (χ0v) is 14.0. The van der Waals surface area contributed by atoms with Crippen LogP contribution in [0.3, 0.4) is 0 Å². The monoisotopic (exact) mass is 303 g/mol. The van der Waals surface area contributed by atoms with Crippen molar-refractivity contribution in [1.29, 1.82) is 0 Å².